The first kappa shape index (κ1) is 11.1. The fourth-order valence-corrected chi connectivity index (χ4v) is 1.83. The van der Waals surface area contributed by atoms with Crippen LogP contribution in [0.1, 0.15) is 22.5 Å². The maximum Gasteiger partial charge on any atom is 0.320 e. The number of carboxylic acid groups (broad SMARTS) is 1. The zero-order chi connectivity index (χ0) is 10.7. The summed E-state index contributed by atoms with van der Waals surface area (Å²) in [6.07, 6.45) is 0. The van der Waals surface area contributed by atoms with E-state index < -0.39 is 12.0 Å². The predicted molar refractivity (Wildman–Crippen MR) is 55.5 cm³/mol. The standard InChI is InChI=1S/C9H14N2O2S/c1-5-7(3)14-8(11-5)4-10-6(2)9(12)13/h6,10H,4H2,1-3H3,(H,12,13)/t6-/m0/s1. The third-order valence-corrected chi connectivity index (χ3v) is 3.08. The highest BCUT2D eigenvalue weighted by Gasteiger charge is 2.10. The van der Waals surface area contributed by atoms with Gasteiger partial charge in [-0.3, -0.25) is 10.1 Å². The van der Waals surface area contributed by atoms with Gasteiger partial charge in [-0.25, -0.2) is 4.98 Å². The second-order valence-corrected chi connectivity index (χ2v) is 4.48. The molecule has 2 N–H and O–H groups in total. The van der Waals surface area contributed by atoms with Gasteiger partial charge in [-0.2, -0.15) is 0 Å². The normalized spacial score (nSPS) is 12.8. The van der Waals surface area contributed by atoms with Gasteiger partial charge in [0.05, 0.1) is 5.69 Å². The Labute approximate surface area is 87.0 Å². The molecule has 1 rings (SSSR count). The summed E-state index contributed by atoms with van der Waals surface area (Å²) in [4.78, 5) is 16.0. The Morgan fingerprint density at radius 1 is 1.64 bits per heavy atom. The summed E-state index contributed by atoms with van der Waals surface area (Å²) in [7, 11) is 0. The largest absolute Gasteiger partial charge is 0.480 e. The van der Waals surface area contributed by atoms with Crippen LogP contribution in [0.4, 0.5) is 0 Å². The van der Waals surface area contributed by atoms with Crippen molar-refractivity contribution in [3.63, 3.8) is 0 Å². The Morgan fingerprint density at radius 3 is 2.71 bits per heavy atom. The third-order valence-electron chi connectivity index (χ3n) is 2.00. The summed E-state index contributed by atoms with van der Waals surface area (Å²) in [5.74, 6) is -0.838. The highest BCUT2D eigenvalue weighted by atomic mass is 32.1. The first-order valence-electron chi connectivity index (χ1n) is 4.40. The van der Waals surface area contributed by atoms with E-state index in [1.54, 1.807) is 18.3 Å². The lowest BCUT2D eigenvalue weighted by molar-refractivity contribution is -0.139. The molecule has 1 aromatic rings. The summed E-state index contributed by atoms with van der Waals surface area (Å²) in [5.41, 5.74) is 1.02. The minimum absolute atomic E-state index is 0.521. The quantitative estimate of drug-likeness (QED) is 0.793. The molecule has 5 heteroatoms. The van der Waals surface area contributed by atoms with Gasteiger partial charge in [0.15, 0.2) is 0 Å². The molecular weight excluding hydrogens is 200 g/mol. The van der Waals surface area contributed by atoms with E-state index in [-0.39, 0.29) is 0 Å². The van der Waals surface area contributed by atoms with Crippen LogP contribution in [-0.2, 0) is 11.3 Å². The lowest BCUT2D eigenvalue weighted by Crippen LogP contribution is -2.33. The Kier molecular flexibility index (Phi) is 3.60. The first-order valence-corrected chi connectivity index (χ1v) is 5.21. The molecule has 1 aromatic heterocycles. The van der Waals surface area contributed by atoms with Crippen LogP contribution in [0, 0.1) is 13.8 Å². The van der Waals surface area contributed by atoms with Gasteiger partial charge >= 0.3 is 5.97 Å². The molecule has 0 saturated heterocycles. The molecule has 1 atom stereocenters. The predicted octanol–water partition coefficient (Wildman–Crippen LogP) is 1.32. The summed E-state index contributed by atoms with van der Waals surface area (Å²) < 4.78 is 0. The Balaban J connectivity index is 2.50. The van der Waals surface area contributed by atoms with Gasteiger partial charge in [0.1, 0.15) is 11.0 Å². The second kappa shape index (κ2) is 4.52. The zero-order valence-electron chi connectivity index (χ0n) is 8.50. The average Bonchev–Trinajstić information content (AvgIpc) is 2.42. The molecule has 0 amide bonds. The van der Waals surface area contributed by atoms with Crippen LogP contribution < -0.4 is 5.32 Å². The minimum atomic E-state index is -0.838. The maximum atomic E-state index is 10.5. The Bertz CT molecular complexity index is 316. The van der Waals surface area contributed by atoms with Crippen LogP contribution >= 0.6 is 11.3 Å². The molecule has 14 heavy (non-hydrogen) atoms. The van der Waals surface area contributed by atoms with Gasteiger partial charge in [-0.1, -0.05) is 0 Å². The van der Waals surface area contributed by atoms with Crippen LogP contribution in [0.5, 0.6) is 0 Å². The number of rotatable bonds is 4. The van der Waals surface area contributed by atoms with Crippen molar-refractivity contribution in [3.8, 4) is 0 Å². The van der Waals surface area contributed by atoms with E-state index >= 15 is 0 Å². The van der Waals surface area contributed by atoms with Crippen LogP contribution in [0.25, 0.3) is 0 Å². The van der Waals surface area contributed by atoms with Crippen molar-refractivity contribution in [3.05, 3.63) is 15.6 Å². The number of hydrogen-bond donors (Lipinski definition) is 2. The number of hydrogen-bond acceptors (Lipinski definition) is 4. The van der Waals surface area contributed by atoms with Crippen molar-refractivity contribution in [1.82, 2.24) is 10.3 Å². The number of aliphatic carboxylic acids is 1. The van der Waals surface area contributed by atoms with E-state index in [2.05, 4.69) is 10.3 Å². The molecule has 0 radical (unpaired) electrons. The molecule has 1 heterocycles. The lowest BCUT2D eigenvalue weighted by Gasteiger charge is -2.06. The van der Waals surface area contributed by atoms with Crippen LogP contribution in [-0.4, -0.2) is 22.1 Å². The molecule has 0 aromatic carbocycles. The van der Waals surface area contributed by atoms with Crippen LogP contribution in [0.3, 0.4) is 0 Å². The Hall–Kier alpha value is -0.940. The zero-order valence-corrected chi connectivity index (χ0v) is 9.31. The van der Waals surface area contributed by atoms with Gasteiger partial charge in [0.2, 0.25) is 0 Å². The van der Waals surface area contributed by atoms with Gasteiger partial charge in [-0.15, -0.1) is 11.3 Å². The number of aryl methyl sites for hydroxylation is 2. The monoisotopic (exact) mass is 214 g/mol. The number of thiazole rings is 1. The SMILES string of the molecule is Cc1nc(CN[C@@H](C)C(=O)O)sc1C. The molecule has 0 fully saturated rings. The van der Waals surface area contributed by atoms with Crippen molar-refractivity contribution in [1.29, 1.82) is 0 Å². The van der Waals surface area contributed by atoms with E-state index in [4.69, 9.17) is 5.11 Å². The van der Waals surface area contributed by atoms with E-state index in [0.29, 0.717) is 6.54 Å². The van der Waals surface area contributed by atoms with E-state index in [1.807, 2.05) is 13.8 Å². The summed E-state index contributed by atoms with van der Waals surface area (Å²) in [6.45, 7) is 6.11. The highest BCUT2D eigenvalue weighted by Crippen LogP contribution is 2.15. The average molecular weight is 214 g/mol. The topological polar surface area (TPSA) is 62.2 Å². The van der Waals surface area contributed by atoms with Crippen molar-refractivity contribution >= 4 is 17.3 Å². The van der Waals surface area contributed by atoms with Gasteiger partial charge in [0, 0.05) is 11.4 Å². The molecule has 0 aliphatic rings. The smallest absolute Gasteiger partial charge is 0.320 e. The fourth-order valence-electron chi connectivity index (χ4n) is 0.942. The lowest BCUT2D eigenvalue weighted by atomic mass is 10.3. The minimum Gasteiger partial charge on any atom is -0.480 e. The van der Waals surface area contributed by atoms with E-state index in [0.717, 1.165) is 10.7 Å². The number of carbonyl (C=O) groups is 1. The van der Waals surface area contributed by atoms with Gasteiger partial charge in [-0.05, 0) is 20.8 Å². The van der Waals surface area contributed by atoms with Crippen molar-refractivity contribution in [2.45, 2.75) is 33.4 Å². The summed E-state index contributed by atoms with van der Waals surface area (Å²) >= 11 is 1.60. The van der Waals surface area contributed by atoms with Gasteiger partial charge in [0.25, 0.3) is 0 Å². The molecule has 0 saturated carbocycles. The first-order chi connectivity index (χ1) is 6.50. The molecule has 0 bridgehead atoms. The van der Waals surface area contributed by atoms with Crippen LogP contribution in [0.2, 0.25) is 0 Å². The molecule has 0 aliphatic heterocycles. The molecule has 4 nitrogen and oxygen atoms in total. The second-order valence-electron chi connectivity index (χ2n) is 3.19. The summed E-state index contributed by atoms with van der Waals surface area (Å²) in [5, 5.41) is 12.5. The van der Waals surface area contributed by atoms with Crippen LogP contribution in [0.15, 0.2) is 0 Å². The van der Waals surface area contributed by atoms with Gasteiger partial charge < -0.3 is 5.11 Å². The van der Waals surface area contributed by atoms with E-state index in [9.17, 15) is 4.79 Å². The van der Waals surface area contributed by atoms with Crippen molar-refractivity contribution in [2.24, 2.45) is 0 Å². The Morgan fingerprint density at radius 2 is 2.29 bits per heavy atom. The third kappa shape index (κ3) is 2.78. The highest BCUT2D eigenvalue weighted by molar-refractivity contribution is 7.11. The molecular formula is C9H14N2O2S. The number of nitrogens with one attached hydrogen (secondary N) is 1. The molecule has 0 aliphatic carbocycles. The summed E-state index contributed by atoms with van der Waals surface area (Å²) in [6, 6.07) is -0.528. The van der Waals surface area contributed by atoms with Crippen molar-refractivity contribution < 1.29 is 9.90 Å². The number of nitrogens with zero attached hydrogens (tertiary/aromatic N) is 1. The molecule has 0 unspecified atom stereocenters. The van der Waals surface area contributed by atoms with Crippen molar-refractivity contribution in [2.75, 3.05) is 0 Å². The number of carboxylic acids is 1. The van der Waals surface area contributed by atoms with E-state index in [1.165, 1.54) is 4.88 Å². The fraction of sp³-hybridized carbons (Fsp3) is 0.556. The maximum absolute atomic E-state index is 10.5. The number of aromatic nitrogens is 1. The molecule has 78 valence electrons. The molecule has 0 spiro atoms.